The van der Waals surface area contributed by atoms with Gasteiger partial charge in [0.05, 0.1) is 0 Å². The molecule has 0 spiro atoms. The molecule has 7 unspecified atom stereocenters. The fraction of sp³-hybridized carbons (Fsp3) is 0.900. The number of allylic oxidation sites excluding steroid dienone is 2. The second-order valence-corrected chi connectivity index (χ2v) is 11.1. The van der Waals surface area contributed by atoms with Crippen LogP contribution in [0.3, 0.4) is 0 Å². The van der Waals surface area contributed by atoms with Crippen molar-refractivity contribution in [1.29, 1.82) is 0 Å². The van der Waals surface area contributed by atoms with E-state index >= 15 is 0 Å². The molecule has 0 radical (unpaired) electrons. The zero-order valence-electron chi connectivity index (χ0n) is 14.2. The van der Waals surface area contributed by atoms with E-state index < -0.39 is 0 Å². The number of alkyl halides is 2. The first-order chi connectivity index (χ1) is 10.3. The Labute approximate surface area is 142 Å². The Kier molecular flexibility index (Phi) is 5.72. The summed E-state index contributed by atoms with van der Waals surface area (Å²) in [5.74, 6) is 6.36. The summed E-state index contributed by atoms with van der Waals surface area (Å²) in [4.78, 5) is 0. The van der Waals surface area contributed by atoms with Gasteiger partial charge < -0.3 is 0 Å². The third kappa shape index (κ3) is 3.10. The van der Waals surface area contributed by atoms with Crippen LogP contribution in [0.15, 0.2) is 12.2 Å². The van der Waals surface area contributed by atoms with Crippen LogP contribution in [-0.2, 0) is 0 Å². The third-order valence-corrected chi connectivity index (χ3v) is 10.5. The van der Waals surface area contributed by atoms with Gasteiger partial charge in [0.1, 0.15) is 0 Å². The van der Waals surface area contributed by atoms with E-state index in [1.54, 1.807) is 30.1 Å². The summed E-state index contributed by atoms with van der Waals surface area (Å²) in [6.07, 6.45) is 16.1. The van der Waals surface area contributed by atoms with Crippen LogP contribution in [0.5, 0.6) is 0 Å². The van der Waals surface area contributed by atoms with Crippen molar-refractivity contribution in [1.82, 2.24) is 0 Å². The van der Waals surface area contributed by atoms with Crippen LogP contribution >= 0.6 is 0 Å². The van der Waals surface area contributed by atoms with Gasteiger partial charge in [-0.2, -0.15) is 0 Å². The molecule has 0 bridgehead atoms. The molecule has 1 aliphatic heterocycles. The predicted molar refractivity (Wildman–Crippen MR) is 88.1 cm³/mol. The van der Waals surface area contributed by atoms with Gasteiger partial charge in [-0.25, -0.2) is 0 Å². The molecule has 0 N–H and O–H groups in total. The van der Waals surface area contributed by atoms with Crippen LogP contribution in [0, 0.1) is 35.5 Å². The SMILES string of the molecule is CC.CC1CCCC2CCC3C(C=CCC4[I-]CCC43)C12. The number of hydrogen-bond donors (Lipinski definition) is 0. The number of halogens is 1. The molecule has 0 amide bonds. The first-order valence-electron chi connectivity index (χ1n) is 9.59. The van der Waals surface area contributed by atoms with Crippen LogP contribution in [0.2, 0.25) is 0 Å². The van der Waals surface area contributed by atoms with Crippen molar-refractivity contribution < 1.29 is 21.2 Å². The quantitative estimate of drug-likeness (QED) is 0.333. The molecule has 3 aliphatic carbocycles. The maximum absolute atomic E-state index is 2.71. The molecule has 122 valence electrons. The summed E-state index contributed by atoms with van der Waals surface area (Å²) in [5, 5.41) is 0. The Morgan fingerprint density at radius 3 is 2.67 bits per heavy atom. The molecule has 0 aromatic heterocycles. The van der Waals surface area contributed by atoms with E-state index in [1.807, 2.05) is 13.8 Å². The van der Waals surface area contributed by atoms with Gasteiger partial charge in [-0.3, -0.25) is 0 Å². The molecule has 4 rings (SSSR count). The van der Waals surface area contributed by atoms with Gasteiger partial charge in [0.2, 0.25) is 0 Å². The van der Waals surface area contributed by atoms with Gasteiger partial charge in [-0.15, -0.1) is 0 Å². The number of rotatable bonds is 0. The fourth-order valence-corrected chi connectivity index (χ4v) is 10.0. The first-order valence-corrected chi connectivity index (χ1v) is 12.4. The Balaban J connectivity index is 0.000000636. The summed E-state index contributed by atoms with van der Waals surface area (Å²) < 4.78 is 2.80. The van der Waals surface area contributed by atoms with Gasteiger partial charge in [0.15, 0.2) is 0 Å². The molecular formula is C20H34I-. The zero-order chi connectivity index (χ0) is 14.8. The second kappa shape index (κ2) is 7.36. The minimum absolute atomic E-state index is 0.547. The van der Waals surface area contributed by atoms with Gasteiger partial charge >= 0.3 is 129 Å². The molecule has 1 saturated heterocycles. The van der Waals surface area contributed by atoms with Crippen molar-refractivity contribution >= 4 is 0 Å². The summed E-state index contributed by atoms with van der Waals surface area (Å²) >= 11 is 0.547. The summed E-state index contributed by atoms with van der Waals surface area (Å²) in [7, 11) is 0. The number of fused-ring (bicyclic) bond motifs is 5. The van der Waals surface area contributed by atoms with Crippen molar-refractivity contribution in [3.8, 4) is 0 Å². The summed E-state index contributed by atoms with van der Waals surface area (Å²) in [5.41, 5.74) is 0. The maximum atomic E-state index is 2.71. The monoisotopic (exact) mass is 401 g/mol. The van der Waals surface area contributed by atoms with E-state index in [0.29, 0.717) is 21.2 Å². The molecule has 2 saturated carbocycles. The van der Waals surface area contributed by atoms with E-state index in [9.17, 15) is 0 Å². The Bertz CT molecular complexity index is 361. The minimum atomic E-state index is 0.547. The van der Waals surface area contributed by atoms with Crippen molar-refractivity contribution in [3.63, 3.8) is 0 Å². The molecule has 0 aromatic carbocycles. The van der Waals surface area contributed by atoms with Gasteiger partial charge in [0.25, 0.3) is 0 Å². The number of hydrogen-bond acceptors (Lipinski definition) is 0. The summed E-state index contributed by atoms with van der Waals surface area (Å²) in [6, 6.07) is 0. The molecule has 7 atom stereocenters. The zero-order valence-corrected chi connectivity index (χ0v) is 16.4. The van der Waals surface area contributed by atoms with Crippen molar-refractivity contribution in [2.75, 3.05) is 4.43 Å². The van der Waals surface area contributed by atoms with Crippen molar-refractivity contribution in [3.05, 3.63) is 12.2 Å². The normalized spacial score (nSPS) is 48.6. The average molecular weight is 401 g/mol. The molecular weight excluding hydrogens is 367 g/mol. The second-order valence-electron chi connectivity index (χ2n) is 7.54. The van der Waals surface area contributed by atoms with E-state index in [-0.39, 0.29) is 0 Å². The van der Waals surface area contributed by atoms with Gasteiger partial charge in [-0.1, -0.05) is 13.8 Å². The van der Waals surface area contributed by atoms with Crippen molar-refractivity contribution in [2.24, 2.45) is 35.5 Å². The predicted octanol–water partition coefficient (Wildman–Crippen LogP) is 2.53. The van der Waals surface area contributed by atoms with Crippen LogP contribution < -0.4 is 21.2 Å². The van der Waals surface area contributed by atoms with Crippen LogP contribution in [0.4, 0.5) is 0 Å². The molecule has 21 heavy (non-hydrogen) atoms. The Morgan fingerprint density at radius 1 is 0.952 bits per heavy atom. The van der Waals surface area contributed by atoms with Crippen LogP contribution in [0.25, 0.3) is 0 Å². The molecule has 1 heterocycles. The molecule has 1 heteroatoms. The summed E-state index contributed by atoms with van der Waals surface area (Å²) in [6.45, 7) is 6.57. The molecule has 4 aliphatic rings. The van der Waals surface area contributed by atoms with Crippen LogP contribution in [0.1, 0.15) is 65.7 Å². The van der Waals surface area contributed by atoms with E-state index in [2.05, 4.69) is 19.1 Å². The van der Waals surface area contributed by atoms with Crippen molar-refractivity contribution in [2.45, 2.75) is 69.6 Å². The Morgan fingerprint density at radius 2 is 1.81 bits per heavy atom. The molecule has 3 fully saturated rings. The average Bonchev–Trinajstić information content (AvgIpc) is 2.91. The van der Waals surface area contributed by atoms with Crippen LogP contribution in [-0.4, -0.2) is 8.35 Å². The fourth-order valence-electron chi connectivity index (χ4n) is 5.95. The molecule has 0 aromatic rings. The van der Waals surface area contributed by atoms with E-state index in [1.165, 1.54) is 23.2 Å². The van der Waals surface area contributed by atoms with Gasteiger partial charge in [0, 0.05) is 0 Å². The van der Waals surface area contributed by atoms with E-state index in [0.717, 1.165) is 35.5 Å². The first kappa shape index (κ1) is 16.3. The Hall–Kier alpha value is 0.470. The standard InChI is InChI=1S/C18H28I.C2H6/c1-12-4-2-5-13-8-9-14-15-10-11-19-17(15)7-3-6-16(14)18(12)13;1-2/h3,6,12-18H,2,4-5,7-11H2,1H3;1-2H3/q-1;. The topological polar surface area (TPSA) is 0 Å². The molecule has 0 nitrogen and oxygen atoms in total. The third-order valence-electron chi connectivity index (χ3n) is 6.73. The van der Waals surface area contributed by atoms with E-state index in [4.69, 9.17) is 0 Å². The van der Waals surface area contributed by atoms with Gasteiger partial charge in [-0.05, 0) is 0 Å².